The molecule has 2 aliphatic rings. The van der Waals surface area contributed by atoms with Gasteiger partial charge < -0.3 is 14.5 Å². The van der Waals surface area contributed by atoms with Crippen molar-refractivity contribution in [1.82, 2.24) is 0 Å². The number of methoxy groups -OCH3 is 1. The van der Waals surface area contributed by atoms with Gasteiger partial charge in [0.1, 0.15) is 5.82 Å². The summed E-state index contributed by atoms with van der Waals surface area (Å²) in [5.41, 5.74) is 3.22. The monoisotopic (exact) mass is 465 g/mol. The maximum Gasteiger partial charge on any atom is 0.337 e. The first-order valence-electron chi connectivity index (χ1n) is 10.3. The normalized spacial score (nSPS) is 18.2. The van der Waals surface area contributed by atoms with Crippen molar-refractivity contribution in [2.24, 2.45) is 0 Å². The molecule has 0 radical (unpaired) electrons. The highest BCUT2D eigenvalue weighted by Crippen LogP contribution is 2.42. The average Bonchev–Trinajstić information content (AvgIpc) is 3.28. The van der Waals surface area contributed by atoms with E-state index in [1.807, 2.05) is 54.6 Å². The van der Waals surface area contributed by atoms with E-state index in [0.717, 1.165) is 29.4 Å². The molecule has 4 rings (SSSR count). The van der Waals surface area contributed by atoms with Crippen molar-refractivity contribution in [2.75, 3.05) is 34.9 Å². The van der Waals surface area contributed by atoms with Gasteiger partial charge in [0.05, 0.1) is 34.6 Å². The summed E-state index contributed by atoms with van der Waals surface area (Å²) in [4.78, 5) is 31.5. The zero-order valence-corrected chi connectivity index (χ0v) is 19.7. The van der Waals surface area contributed by atoms with Crippen LogP contribution in [0.15, 0.2) is 71.4 Å². The Labute approximate surface area is 197 Å². The Hall–Kier alpha value is -3.10. The highest BCUT2D eigenvalue weighted by molar-refractivity contribution is 8.27. The highest BCUT2D eigenvalue weighted by atomic mass is 32.2. The van der Waals surface area contributed by atoms with Gasteiger partial charge in [-0.2, -0.15) is 0 Å². The first kappa shape index (κ1) is 22.1. The van der Waals surface area contributed by atoms with Crippen LogP contribution >= 0.6 is 24.0 Å². The summed E-state index contributed by atoms with van der Waals surface area (Å²) >= 11 is 6.76. The molecule has 2 aromatic rings. The van der Waals surface area contributed by atoms with Gasteiger partial charge in [-0.25, -0.2) is 4.79 Å². The number of ether oxygens (including phenoxy) is 1. The van der Waals surface area contributed by atoms with Gasteiger partial charge in [-0.05, 0) is 56.3 Å². The van der Waals surface area contributed by atoms with Crippen LogP contribution in [-0.2, 0) is 9.53 Å². The Balaban J connectivity index is 1.68. The van der Waals surface area contributed by atoms with Crippen LogP contribution in [0, 0.1) is 0 Å². The topological polar surface area (TPSA) is 53.1 Å². The number of amides is 1. The summed E-state index contributed by atoms with van der Waals surface area (Å²) in [6.07, 6.45) is 3.78. The number of esters is 1. The smallest absolute Gasteiger partial charge is 0.337 e. The standard InChI is InChI=1S/C24H23N3O3S2/c1-4-25-18-12-11-16(23(29)30-3)15-19(18)26(5-2)21(25)14-13-20-22(28)27(24(31)32-20)17-9-7-6-8-10-17/h6-15H,4-5H2,1-3H3. The number of thioether (sulfide) groups is 1. The number of thiocarbonyl (C=S) groups is 1. The van der Waals surface area contributed by atoms with Gasteiger partial charge in [0, 0.05) is 13.1 Å². The Morgan fingerprint density at radius 2 is 1.72 bits per heavy atom. The minimum atomic E-state index is -0.367. The molecule has 1 saturated heterocycles. The third-order valence-electron chi connectivity index (χ3n) is 5.36. The number of anilines is 3. The van der Waals surface area contributed by atoms with Crippen molar-refractivity contribution in [3.8, 4) is 0 Å². The summed E-state index contributed by atoms with van der Waals surface area (Å²) < 4.78 is 5.39. The molecule has 0 aliphatic carbocycles. The van der Waals surface area contributed by atoms with E-state index in [4.69, 9.17) is 17.0 Å². The van der Waals surface area contributed by atoms with Crippen LogP contribution in [0.1, 0.15) is 24.2 Å². The molecular weight excluding hydrogens is 442 g/mol. The van der Waals surface area contributed by atoms with E-state index < -0.39 is 0 Å². The second kappa shape index (κ2) is 9.18. The lowest BCUT2D eigenvalue weighted by atomic mass is 10.1. The van der Waals surface area contributed by atoms with E-state index >= 15 is 0 Å². The predicted molar refractivity (Wildman–Crippen MR) is 134 cm³/mol. The molecule has 6 nitrogen and oxygen atoms in total. The van der Waals surface area contributed by atoms with Crippen LogP contribution in [0.4, 0.5) is 17.1 Å². The molecule has 0 unspecified atom stereocenters. The van der Waals surface area contributed by atoms with E-state index in [-0.39, 0.29) is 11.9 Å². The van der Waals surface area contributed by atoms with E-state index in [1.165, 1.54) is 18.9 Å². The first-order chi connectivity index (χ1) is 15.5. The average molecular weight is 466 g/mol. The van der Waals surface area contributed by atoms with Gasteiger partial charge in [-0.15, -0.1) is 0 Å². The van der Waals surface area contributed by atoms with E-state index in [1.54, 1.807) is 11.0 Å². The van der Waals surface area contributed by atoms with Crippen LogP contribution in [0.5, 0.6) is 0 Å². The summed E-state index contributed by atoms with van der Waals surface area (Å²) in [5.74, 6) is 0.448. The molecule has 0 saturated carbocycles. The Bertz CT molecular complexity index is 1140. The molecule has 0 N–H and O–H groups in total. The van der Waals surface area contributed by atoms with Crippen LogP contribution in [0.2, 0.25) is 0 Å². The van der Waals surface area contributed by atoms with Gasteiger partial charge in [0.15, 0.2) is 4.32 Å². The SMILES string of the molecule is CCN1C(=CC=C2SC(=S)N(c3ccccc3)C2=O)N(CC)c2cc(C(=O)OC)ccc21. The van der Waals surface area contributed by atoms with Crippen molar-refractivity contribution < 1.29 is 14.3 Å². The zero-order valence-electron chi connectivity index (χ0n) is 18.1. The largest absolute Gasteiger partial charge is 0.465 e. The van der Waals surface area contributed by atoms with Gasteiger partial charge in [0.2, 0.25) is 0 Å². The Morgan fingerprint density at radius 1 is 1.03 bits per heavy atom. The van der Waals surface area contributed by atoms with Crippen molar-refractivity contribution in [2.45, 2.75) is 13.8 Å². The first-order valence-corrected chi connectivity index (χ1v) is 11.5. The van der Waals surface area contributed by atoms with Crippen molar-refractivity contribution in [3.05, 3.63) is 77.0 Å². The second-order valence-corrected chi connectivity index (χ2v) is 8.76. The Morgan fingerprint density at radius 3 is 2.38 bits per heavy atom. The van der Waals surface area contributed by atoms with Crippen LogP contribution in [0.3, 0.4) is 0 Å². The summed E-state index contributed by atoms with van der Waals surface area (Å²) in [7, 11) is 1.38. The number of para-hydroxylation sites is 1. The fourth-order valence-electron chi connectivity index (χ4n) is 3.88. The maximum atomic E-state index is 13.0. The molecule has 1 fully saturated rings. The highest BCUT2D eigenvalue weighted by Gasteiger charge is 2.34. The fourth-order valence-corrected chi connectivity index (χ4v) is 5.12. The van der Waals surface area contributed by atoms with Gasteiger partial charge in [-0.1, -0.05) is 42.2 Å². The molecule has 164 valence electrons. The van der Waals surface area contributed by atoms with Crippen molar-refractivity contribution in [3.63, 3.8) is 0 Å². The summed E-state index contributed by atoms with van der Waals surface area (Å²) in [5, 5.41) is 0. The molecule has 0 atom stereocenters. The second-order valence-electron chi connectivity index (χ2n) is 7.08. The number of benzene rings is 2. The minimum Gasteiger partial charge on any atom is -0.465 e. The molecule has 0 aromatic heterocycles. The van der Waals surface area contributed by atoms with Gasteiger partial charge in [-0.3, -0.25) is 9.69 Å². The number of carbonyl (C=O) groups excluding carboxylic acids is 2. The number of hydrogen-bond acceptors (Lipinski definition) is 7. The van der Waals surface area contributed by atoms with Crippen LogP contribution in [-0.4, -0.2) is 36.4 Å². The number of fused-ring (bicyclic) bond motifs is 1. The van der Waals surface area contributed by atoms with Gasteiger partial charge in [0.25, 0.3) is 5.91 Å². The third kappa shape index (κ3) is 3.80. The van der Waals surface area contributed by atoms with Crippen LogP contribution < -0.4 is 14.7 Å². The zero-order chi connectivity index (χ0) is 22.8. The lowest BCUT2D eigenvalue weighted by Crippen LogP contribution is -2.28. The molecule has 32 heavy (non-hydrogen) atoms. The predicted octanol–water partition coefficient (Wildman–Crippen LogP) is 4.93. The number of rotatable bonds is 5. The number of hydrogen-bond donors (Lipinski definition) is 0. The van der Waals surface area contributed by atoms with Crippen molar-refractivity contribution >= 4 is 57.2 Å². The molecule has 1 amide bonds. The Kier molecular flexibility index (Phi) is 6.34. The quantitative estimate of drug-likeness (QED) is 0.353. The molecule has 2 aliphatic heterocycles. The van der Waals surface area contributed by atoms with E-state index in [0.29, 0.717) is 21.3 Å². The molecule has 8 heteroatoms. The van der Waals surface area contributed by atoms with E-state index in [2.05, 4.69) is 23.6 Å². The lowest BCUT2D eigenvalue weighted by molar-refractivity contribution is -0.113. The lowest BCUT2D eigenvalue weighted by Gasteiger charge is -2.23. The third-order valence-corrected chi connectivity index (χ3v) is 6.68. The summed E-state index contributed by atoms with van der Waals surface area (Å²) in [6.45, 7) is 5.57. The van der Waals surface area contributed by atoms with Crippen LogP contribution in [0.25, 0.3) is 0 Å². The van der Waals surface area contributed by atoms with Gasteiger partial charge >= 0.3 is 5.97 Å². The minimum absolute atomic E-state index is 0.127. The fraction of sp³-hybridized carbons (Fsp3) is 0.208. The van der Waals surface area contributed by atoms with E-state index in [9.17, 15) is 9.59 Å². The number of carbonyl (C=O) groups is 2. The number of nitrogens with zero attached hydrogens (tertiary/aromatic N) is 3. The molecule has 0 spiro atoms. The molecule has 0 bridgehead atoms. The molecule has 2 heterocycles. The number of allylic oxidation sites excluding steroid dienone is 2. The maximum absolute atomic E-state index is 13.0. The molecule has 2 aromatic carbocycles. The molecular formula is C24H23N3O3S2. The summed E-state index contributed by atoms with van der Waals surface area (Å²) in [6, 6.07) is 15.0. The van der Waals surface area contributed by atoms with Crippen molar-refractivity contribution in [1.29, 1.82) is 0 Å².